The van der Waals surface area contributed by atoms with E-state index < -0.39 is 33.7 Å². The monoisotopic (exact) mass is 728 g/mol. The second-order valence-corrected chi connectivity index (χ2v) is 8.95. The van der Waals surface area contributed by atoms with E-state index in [4.69, 9.17) is 9.47 Å². The summed E-state index contributed by atoms with van der Waals surface area (Å²) in [6.07, 6.45) is 6.74. The summed E-state index contributed by atoms with van der Waals surface area (Å²) in [4.78, 5) is 24.2. The third kappa shape index (κ3) is 20.7. The van der Waals surface area contributed by atoms with Gasteiger partial charge in [0, 0.05) is 0 Å². The normalized spacial score (nSPS) is 13.0. The number of halogens is 2. The van der Waals surface area contributed by atoms with E-state index in [0.717, 1.165) is 51.4 Å². The molecule has 0 fully saturated rings. The van der Waals surface area contributed by atoms with E-state index in [1.165, 1.54) is 0 Å². The fourth-order valence-corrected chi connectivity index (χ4v) is 3.48. The molecule has 0 rings (SSSR count). The molecule has 0 aliphatic heterocycles. The van der Waals surface area contributed by atoms with E-state index in [1.54, 1.807) is 0 Å². The fourth-order valence-electron chi connectivity index (χ4n) is 2.82. The van der Waals surface area contributed by atoms with Crippen molar-refractivity contribution < 1.29 is 63.0 Å². The molecule has 0 saturated heterocycles. The molecule has 0 spiro atoms. The molecule has 0 saturated carbocycles. The number of carbonyl (C=O) groups excluding carboxylic acids is 2. The molecule has 3 unspecified atom stereocenters. The number of unbranched alkanes of at least 4 members (excludes halogenated alkanes) is 2. The van der Waals surface area contributed by atoms with Gasteiger partial charge in [0.25, 0.3) is 10.1 Å². The summed E-state index contributed by atoms with van der Waals surface area (Å²) in [5.74, 6) is -1.61. The fraction of sp³-hybridized carbons (Fsp3) is 0.900. The van der Waals surface area contributed by atoms with Crippen LogP contribution in [0, 0.1) is 11.8 Å². The van der Waals surface area contributed by atoms with Crippen molar-refractivity contribution in [3.63, 3.8) is 0 Å². The van der Waals surface area contributed by atoms with Crippen molar-refractivity contribution in [2.24, 2.45) is 11.8 Å². The van der Waals surface area contributed by atoms with Crippen LogP contribution in [0.1, 0.15) is 86.9 Å². The maximum atomic E-state index is 12.2. The predicted molar refractivity (Wildman–Crippen MR) is 133 cm³/mol. The summed E-state index contributed by atoms with van der Waals surface area (Å²) in [5.41, 5.74) is 0. The Morgan fingerprint density at radius 3 is 1.62 bits per heavy atom. The minimum atomic E-state index is -4.76. The summed E-state index contributed by atoms with van der Waals surface area (Å²) in [7, 11) is -4.76. The van der Waals surface area contributed by atoms with E-state index in [0.29, 0.717) is 0 Å². The average molecular weight is 729 g/mol. The summed E-state index contributed by atoms with van der Waals surface area (Å²) in [5, 5.41) is -1.95. The zero-order valence-electron chi connectivity index (χ0n) is 21.3. The minimum absolute atomic E-state index is 0. The first-order valence-electron chi connectivity index (χ1n) is 10.5. The third-order valence-electron chi connectivity index (χ3n) is 5.00. The van der Waals surface area contributed by atoms with Gasteiger partial charge in [0.2, 0.25) is 0 Å². The van der Waals surface area contributed by atoms with Gasteiger partial charge < -0.3 is 10.9 Å². The van der Waals surface area contributed by atoms with Gasteiger partial charge in [-0.05, 0) is 24.7 Å². The standard InChI is InChI=1S/C20H38O7S.2ClH.Na.Pb.3H/c1-5-9-11-16(7-3)14-26-19(21)13-18(28(23,24)25)20(22)27-15-17(8-4)12-10-6-2;;;;;;;/h16-18H,5-15H2,1-4H3,(H,23,24,25);2*1H;;;;;/q;;;+1;;;;-1. The Bertz CT molecular complexity index is 575. The molecule has 1 N–H and O–H groups in total. The summed E-state index contributed by atoms with van der Waals surface area (Å²) in [6, 6.07) is 0. The second kappa shape index (κ2) is 25.4. The molecule has 0 aliphatic carbocycles. The quantitative estimate of drug-likeness (QED) is 0.145. The van der Waals surface area contributed by atoms with Crippen molar-refractivity contribution in [1.82, 2.24) is 0 Å². The first-order valence-corrected chi connectivity index (χ1v) is 12.0. The van der Waals surface area contributed by atoms with Crippen molar-refractivity contribution >= 4 is 74.2 Å². The van der Waals surface area contributed by atoms with Crippen LogP contribution in [0.3, 0.4) is 0 Å². The molecule has 2 radical (unpaired) electrons. The number of ether oxygens (including phenoxy) is 2. The molecule has 0 aliphatic rings. The van der Waals surface area contributed by atoms with Crippen LogP contribution in [0.2, 0.25) is 0 Å². The Morgan fingerprint density at radius 2 is 1.28 bits per heavy atom. The molecule has 0 bridgehead atoms. The zero-order chi connectivity index (χ0) is 21.6. The van der Waals surface area contributed by atoms with Crippen LogP contribution < -0.4 is 29.6 Å². The van der Waals surface area contributed by atoms with Gasteiger partial charge in [0.05, 0.1) is 19.6 Å². The molecule has 32 heavy (non-hydrogen) atoms. The third-order valence-corrected chi connectivity index (χ3v) is 6.08. The van der Waals surface area contributed by atoms with Gasteiger partial charge in [-0.3, -0.25) is 14.1 Å². The SMILES string of the molecule is CCCCC(CC)COC(=O)CC(C(=O)OCC(CC)CCCC)S(=O)(=O)O.Cl.Cl.[H-].[Na+].[PbH2]. The first-order chi connectivity index (χ1) is 13.2. The molecule has 0 amide bonds. The van der Waals surface area contributed by atoms with Gasteiger partial charge in [-0.1, -0.05) is 66.2 Å². The zero-order valence-corrected chi connectivity index (χ0v) is 30.3. The van der Waals surface area contributed by atoms with Gasteiger partial charge in [0.1, 0.15) is 0 Å². The van der Waals surface area contributed by atoms with E-state index >= 15 is 0 Å². The van der Waals surface area contributed by atoms with Gasteiger partial charge in [-0.15, -0.1) is 24.8 Å². The Hall–Kier alpha value is 1.35. The van der Waals surface area contributed by atoms with Crippen LogP contribution in [0.15, 0.2) is 0 Å². The molecule has 3 atom stereocenters. The summed E-state index contributed by atoms with van der Waals surface area (Å²) >= 11 is 0. The molecule has 0 aromatic rings. The van der Waals surface area contributed by atoms with Crippen LogP contribution >= 0.6 is 24.8 Å². The van der Waals surface area contributed by atoms with E-state index in [2.05, 4.69) is 13.8 Å². The number of rotatable bonds is 16. The van der Waals surface area contributed by atoms with Crippen molar-refractivity contribution in [3.8, 4) is 0 Å². The van der Waals surface area contributed by atoms with E-state index in [1.807, 2.05) is 13.8 Å². The van der Waals surface area contributed by atoms with Crippen molar-refractivity contribution in [1.29, 1.82) is 0 Å². The number of carbonyl (C=O) groups is 2. The van der Waals surface area contributed by atoms with Gasteiger partial charge in [-0.25, -0.2) is 0 Å². The summed E-state index contributed by atoms with van der Waals surface area (Å²) in [6.45, 7) is 8.35. The van der Waals surface area contributed by atoms with Gasteiger partial charge in [-0.2, -0.15) is 8.42 Å². The topological polar surface area (TPSA) is 107 Å². The second-order valence-electron chi connectivity index (χ2n) is 7.35. The molecule has 7 nitrogen and oxygen atoms in total. The van der Waals surface area contributed by atoms with Crippen LogP contribution in [-0.4, -0.2) is 70.7 Å². The van der Waals surface area contributed by atoms with Gasteiger partial charge >= 0.3 is 68.8 Å². The molecule has 12 heteroatoms. The Kier molecular flexibility index (Phi) is 34.5. The number of hydrogen-bond donors (Lipinski definition) is 1. The van der Waals surface area contributed by atoms with Crippen molar-refractivity contribution in [3.05, 3.63) is 0 Å². The Labute approximate surface area is 250 Å². The Balaban J connectivity index is -0.000000364. The molecular weight excluding hydrogens is 685 g/mol. The van der Waals surface area contributed by atoms with Crippen LogP contribution in [0.4, 0.5) is 0 Å². The molecule has 190 valence electrons. The van der Waals surface area contributed by atoms with Crippen LogP contribution in [0.25, 0.3) is 0 Å². The van der Waals surface area contributed by atoms with Crippen LogP contribution in [0.5, 0.6) is 0 Å². The van der Waals surface area contributed by atoms with E-state index in [9.17, 15) is 22.6 Å². The average Bonchev–Trinajstić information content (AvgIpc) is 2.65. The maximum absolute atomic E-state index is 12.2. The summed E-state index contributed by atoms with van der Waals surface area (Å²) < 4.78 is 42.8. The number of hydrogen-bond acceptors (Lipinski definition) is 6. The first kappa shape index (κ1) is 43.4. The van der Waals surface area contributed by atoms with Crippen molar-refractivity contribution in [2.75, 3.05) is 13.2 Å². The van der Waals surface area contributed by atoms with Crippen molar-refractivity contribution in [2.45, 2.75) is 90.7 Å². The molecular formula is C20H43Cl2NaO7PbS. The molecule has 0 heterocycles. The van der Waals surface area contributed by atoms with E-state index in [-0.39, 0.29) is 108 Å². The molecule has 0 aromatic heterocycles. The Morgan fingerprint density at radius 1 is 0.875 bits per heavy atom. The number of esters is 2. The molecule has 0 aromatic carbocycles. The predicted octanol–water partition coefficient (Wildman–Crippen LogP) is 1.20. The van der Waals surface area contributed by atoms with Crippen LogP contribution in [-0.2, 0) is 29.2 Å². The van der Waals surface area contributed by atoms with Gasteiger partial charge in [0.15, 0.2) is 5.25 Å².